The number of nitrogens with two attached hydrogens (primary N) is 2. The predicted octanol–water partition coefficient (Wildman–Crippen LogP) is 3.13. The Bertz CT molecular complexity index is 984. The van der Waals surface area contributed by atoms with E-state index in [2.05, 4.69) is 10.3 Å². The van der Waals surface area contributed by atoms with Crippen LogP contribution < -0.4 is 16.8 Å². The van der Waals surface area contributed by atoms with Gasteiger partial charge in [-0.25, -0.2) is 4.98 Å². The van der Waals surface area contributed by atoms with Gasteiger partial charge in [-0.05, 0) is 42.4 Å². The average molecular weight is 405 g/mol. The Balaban J connectivity index is 0.000000367. The van der Waals surface area contributed by atoms with Gasteiger partial charge in [-0.1, -0.05) is 36.4 Å². The third-order valence-corrected chi connectivity index (χ3v) is 4.64. The summed E-state index contributed by atoms with van der Waals surface area (Å²) in [5.74, 6) is 0.00714. The van der Waals surface area contributed by atoms with Crippen LogP contribution in [0.5, 0.6) is 0 Å². The second kappa shape index (κ2) is 11.2. The minimum Gasteiger partial charge on any atom is -0.399 e. The molecule has 0 atom stereocenters. The van der Waals surface area contributed by atoms with Crippen LogP contribution in [0, 0.1) is 0 Å². The molecule has 6 nitrogen and oxygen atoms in total. The van der Waals surface area contributed by atoms with Crippen molar-refractivity contribution in [1.29, 1.82) is 0 Å². The summed E-state index contributed by atoms with van der Waals surface area (Å²) in [5.41, 5.74) is 15.1. The summed E-state index contributed by atoms with van der Waals surface area (Å²) >= 11 is 0. The standard InChI is InChI=1S/C20H19N3O.C4H9NO/c21-12-11-20(24)17-13-15-3-1-2-4-18(15)23-19(17)10-7-14-5-8-16(22)9-6-14;1-3-6-4-2-5-1/h1-10,13H,11-12,21-22H2;5H,1-4H2. The van der Waals surface area contributed by atoms with Gasteiger partial charge in [0.1, 0.15) is 0 Å². The quantitative estimate of drug-likeness (QED) is 0.446. The van der Waals surface area contributed by atoms with Gasteiger partial charge in [-0.3, -0.25) is 4.79 Å². The number of fused-ring (bicyclic) bond motifs is 1. The number of benzene rings is 2. The number of pyridine rings is 1. The number of nitrogens with zero attached hydrogens (tertiary/aromatic N) is 1. The monoisotopic (exact) mass is 404 g/mol. The highest BCUT2D eigenvalue weighted by atomic mass is 16.5. The molecule has 0 saturated carbocycles. The molecule has 0 aliphatic carbocycles. The number of carbonyl (C=O) groups excluding carboxylic acids is 1. The van der Waals surface area contributed by atoms with Crippen molar-refractivity contribution in [3.8, 4) is 0 Å². The summed E-state index contributed by atoms with van der Waals surface area (Å²) in [7, 11) is 0. The number of Topliss-reactive ketones (excluding diaryl/α,β-unsaturated/α-hetero) is 1. The molecule has 6 heteroatoms. The van der Waals surface area contributed by atoms with Crippen molar-refractivity contribution in [2.24, 2.45) is 5.73 Å². The number of hydrogen-bond acceptors (Lipinski definition) is 6. The van der Waals surface area contributed by atoms with Crippen LogP contribution >= 0.6 is 0 Å². The zero-order valence-electron chi connectivity index (χ0n) is 17.0. The van der Waals surface area contributed by atoms with Crippen molar-refractivity contribution < 1.29 is 9.53 Å². The van der Waals surface area contributed by atoms with Crippen LogP contribution in [0.3, 0.4) is 0 Å². The number of aromatic nitrogens is 1. The molecular formula is C24H28N4O2. The Labute approximate surface area is 176 Å². The number of morpholine rings is 1. The Morgan fingerprint density at radius 1 is 1.07 bits per heavy atom. The molecular weight excluding hydrogens is 376 g/mol. The van der Waals surface area contributed by atoms with Crippen molar-refractivity contribution in [1.82, 2.24) is 10.3 Å². The van der Waals surface area contributed by atoms with Gasteiger partial charge in [-0.15, -0.1) is 0 Å². The number of rotatable bonds is 5. The summed E-state index contributed by atoms with van der Waals surface area (Å²) < 4.78 is 5.01. The van der Waals surface area contributed by atoms with Gasteiger partial charge in [0.05, 0.1) is 24.4 Å². The SMILES string of the molecule is C1COCCN1.NCCC(=O)c1cc2ccccc2nc1C=Cc1ccc(N)cc1. The van der Waals surface area contributed by atoms with E-state index in [0.29, 0.717) is 24.2 Å². The number of hydrogen-bond donors (Lipinski definition) is 3. The highest BCUT2D eigenvalue weighted by Crippen LogP contribution is 2.20. The number of nitrogen functional groups attached to an aromatic ring is 1. The van der Waals surface area contributed by atoms with Gasteiger partial charge < -0.3 is 21.5 Å². The lowest BCUT2D eigenvalue weighted by atomic mass is 10.0. The number of para-hydroxylation sites is 1. The lowest BCUT2D eigenvalue weighted by Crippen LogP contribution is -2.30. The molecule has 0 radical (unpaired) electrons. The fourth-order valence-corrected chi connectivity index (χ4v) is 3.05. The summed E-state index contributed by atoms with van der Waals surface area (Å²) in [6, 6.07) is 17.2. The van der Waals surface area contributed by atoms with Crippen LogP contribution in [-0.2, 0) is 4.74 Å². The van der Waals surface area contributed by atoms with Gasteiger partial charge in [0, 0.05) is 36.1 Å². The largest absolute Gasteiger partial charge is 0.399 e. The van der Waals surface area contributed by atoms with Crippen molar-refractivity contribution >= 4 is 34.5 Å². The maximum atomic E-state index is 12.4. The molecule has 0 amide bonds. The Morgan fingerprint density at radius 3 is 2.43 bits per heavy atom. The van der Waals surface area contributed by atoms with E-state index in [0.717, 1.165) is 48.5 Å². The van der Waals surface area contributed by atoms with Gasteiger partial charge in [0.25, 0.3) is 0 Å². The van der Waals surface area contributed by atoms with Gasteiger partial charge in [0.2, 0.25) is 0 Å². The summed E-state index contributed by atoms with van der Waals surface area (Å²) in [6.45, 7) is 4.16. The first-order chi connectivity index (χ1) is 14.7. The van der Waals surface area contributed by atoms with Crippen LogP contribution in [0.15, 0.2) is 54.6 Å². The van der Waals surface area contributed by atoms with E-state index < -0.39 is 0 Å². The summed E-state index contributed by atoms with van der Waals surface area (Å²) in [6.07, 6.45) is 4.10. The van der Waals surface area contributed by atoms with E-state index in [-0.39, 0.29) is 5.78 Å². The molecule has 2 aromatic carbocycles. The van der Waals surface area contributed by atoms with Crippen molar-refractivity contribution in [2.75, 3.05) is 38.6 Å². The van der Waals surface area contributed by atoms with E-state index in [1.807, 2.05) is 66.7 Å². The summed E-state index contributed by atoms with van der Waals surface area (Å²) in [4.78, 5) is 17.0. The molecule has 2 heterocycles. The van der Waals surface area contributed by atoms with Crippen LogP contribution in [0.4, 0.5) is 5.69 Å². The van der Waals surface area contributed by atoms with Gasteiger partial charge in [-0.2, -0.15) is 0 Å². The number of anilines is 1. The molecule has 3 aromatic rings. The van der Waals surface area contributed by atoms with E-state index in [1.165, 1.54) is 0 Å². The van der Waals surface area contributed by atoms with Crippen LogP contribution in [0.25, 0.3) is 23.1 Å². The topological polar surface area (TPSA) is 103 Å². The van der Waals surface area contributed by atoms with Crippen molar-refractivity contribution in [3.63, 3.8) is 0 Å². The number of carbonyl (C=O) groups is 1. The lowest BCUT2D eigenvalue weighted by Gasteiger charge is -2.10. The van der Waals surface area contributed by atoms with E-state index in [1.54, 1.807) is 0 Å². The maximum Gasteiger partial charge on any atom is 0.166 e. The molecule has 1 aliphatic rings. The second-order valence-corrected chi connectivity index (χ2v) is 6.94. The zero-order valence-corrected chi connectivity index (χ0v) is 17.0. The van der Waals surface area contributed by atoms with E-state index in [9.17, 15) is 4.79 Å². The fraction of sp³-hybridized carbons (Fsp3) is 0.250. The minimum atomic E-state index is 0.00714. The van der Waals surface area contributed by atoms with E-state index in [4.69, 9.17) is 16.2 Å². The van der Waals surface area contributed by atoms with Crippen LogP contribution in [0.2, 0.25) is 0 Å². The van der Waals surface area contributed by atoms with E-state index >= 15 is 0 Å². The Hall–Kier alpha value is -3.06. The molecule has 5 N–H and O–H groups in total. The molecule has 156 valence electrons. The smallest absolute Gasteiger partial charge is 0.166 e. The first-order valence-electron chi connectivity index (χ1n) is 10.1. The number of nitrogens with one attached hydrogen (secondary N) is 1. The van der Waals surface area contributed by atoms with Gasteiger partial charge >= 0.3 is 0 Å². The highest BCUT2D eigenvalue weighted by molar-refractivity contribution is 6.02. The van der Waals surface area contributed by atoms with Gasteiger partial charge in [0.15, 0.2) is 5.78 Å². The first-order valence-corrected chi connectivity index (χ1v) is 10.1. The molecule has 1 fully saturated rings. The summed E-state index contributed by atoms with van der Waals surface area (Å²) in [5, 5.41) is 4.11. The lowest BCUT2D eigenvalue weighted by molar-refractivity contribution is 0.0985. The molecule has 30 heavy (non-hydrogen) atoms. The van der Waals surface area contributed by atoms with Crippen molar-refractivity contribution in [3.05, 3.63) is 71.4 Å². The molecule has 1 saturated heterocycles. The maximum absolute atomic E-state index is 12.4. The Morgan fingerprint density at radius 2 is 1.80 bits per heavy atom. The zero-order chi connectivity index (χ0) is 21.2. The highest BCUT2D eigenvalue weighted by Gasteiger charge is 2.12. The average Bonchev–Trinajstić information content (AvgIpc) is 2.80. The molecule has 0 spiro atoms. The molecule has 1 aromatic heterocycles. The van der Waals surface area contributed by atoms with Crippen LogP contribution in [0.1, 0.15) is 28.0 Å². The third kappa shape index (κ3) is 6.22. The molecule has 4 rings (SSSR count). The molecule has 0 bridgehead atoms. The molecule has 0 unspecified atom stereocenters. The van der Waals surface area contributed by atoms with Crippen molar-refractivity contribution in [2.45, 2.75) is 6.42 Å². The Kier molecular flexibility index (Phi) is 8.09. The van der Waals surface area contributed by atoms with Crippen LogP contribution in [-0.4, -0.2) is 43.6 Å². The predicted molar refractivity (Wildman–Crippen MR) is 123 cm³/mol. The number of ether oxygens (including phenoxy) is 1. The normalized spacial score (nSPS) is 13.8. The fourth-order valence-electron chi connectivity index (χ4n) is 3.05. The third-order valence-electron chi connectivity index (χ3n) is 4.64. The second-order valence-electron chi connectivity index (χ2n) is 6.94. The molecule has 1 aliphatic heterocycles. The first kappa shape index (κ1) is 21.6. The number of ketones is 1. The minimum absolute atomic E-state index is 0.00714.